The molecule has 8 aromatic carbocycles. The number of furan rings is 2. The molecule has 0 N–H and O–H groups in total. The van der Waals surface area contributed by atoms with Crippen molar-refractivity contribution in [3.05, 3.63) is 150 Å². The molecule has 0 fully saturated rings. The normalized spacial score (nSPS) is 13.9. The Hall–Kier alpha value is -6.76. The van der Waals surface area contributed by atoms with Gasteiger partial charge >= 0.3 is 6.85 Å². The fourth-order valence-electron chi connectivity index (χ4n) is 11.3. The number of aryl methyl sites for hydroxylation is 1. The van der Waals surface area contributed by atoms with Crippen molar-refractivity contribution in [1.82, 2.24) is 4.57 Å². The molecule has 6 heterocycles. The summed E-state index contributed by atoms with van der Waals surface area (Å²) in [5, 5.41) is 9.76. The zero-order valence-electron chi connectivity index (χ0n) is 36.4. The van der Waals surface area contributed by atoms with Gasteiger partial charge in [-0.05, 0) is 112 Å². The number of nitrogens with zero attached hydrogens (tertiary/aromatic N) is 2. The molecule has 6 heteroatoms. The van der Waals surface area contributed by atoms with E-state index in [1.54, 1.807) is 0 Å². The van der Waals surface area contributed by atoms with Crippen molar-refractivity contribution in [2.45, 2.75) is 59.3 Å². The average molecular weight is 831 g/mol. The highest BCUT2D eigenvalue weighted by Crippen LogP contribution is 2.50. The van der Waals surface area contributed by atoms with Gasteiger partial charge < -0.3 is 18.2 Å². The molecule has 302 valence electrons. The molecule has 2 aliphatic heterocycles. The Bertz CT molecular complexity index is 4010. The van der Waals surface area contributed by atoms with E-state index in [-0.39, 0.29) is 17.7 Å². The lowest BCUT2D eigenvalue weighted by Crippen LogP contribution is -2.60. The van der Waals surface area contributed by atoms with Gasteiger partial charge in [0.1, 0.15) is 22.3 Å². The molecule has 14 rings (SSSR count). The number of rotatable bonds is 1. The van der Waals surface area contributed by atoms with Crippen LogP contribution < -0.4 is 15.7 Å². The van der Waals surface area contributed by atoms with Crippen LogP contribution in [0.15, 0.2) is 142 Å². The van der Waals surface area contributed by atoms with Gasteiger partial charge in [-0.15, -0.1) is 11.3 Å². The van der Waals surface area contributed by atoms with Crippen LogP contribution in [0.2, 0.25) is 0 Å². The number of hydrogen-bond acceptors (Lipinski definition) is 4. The standard InChI is InChI=1S/C57H43BN2O2S/c1-30-22-41-36-24-39-37-23-32(57(5,6)7)18-21-48(37)62-50(39)29-45(36)60(33-19-16-31(17-20-33)56(2,3)4)58-43-27-52-40(35-13-9-11-15-51(35)63-52)26-46(43)59-44-28-49-38(34-12-8-10-14-47(34)61-49)25-42(44)53(30)55(59)54(41)58/h8-29H,1-7H3. The van der Waals surface area contributed by atoms with Crippen LogP contribution in [0.3, 0.4) is 0 Å². The molecule has 0 bridgehead atoms. The Balaban J connectivity index is 1.17. The highest BCUT2D eigenvalue weighted by atomic mass is 32.1. The van der Waals surface area contributed by atoms with Crippen molar-refractivity contribution in [3.8, 4) is 16.8 Å². The smallest absolute Gasteiger partial charge is 0.333 e. The predicted octanol–water partition coefficient (Wildman–Crippen LogP) is 15.1. The first-order chi connectivity index (χ1) is 30.4. The number of fused-ring (bicyclic) bond motifs is 17. The molecule has 0 saturated carbocycles. The van der Waals surface area contributed by atoms with Gasteiger partial charge in [-0.3, -0.25) is 0 Å². The lowest BCUT2D eigenvalue weighted by Gasteiger charge is -2.42. The van der Waals surface area contributed by atoms with E-state index in [1.807, 2.05) is 11.3 Å². The highest BCUT2D eigenvalue weighted by Gasteiger charge is 2.45. The SMILES string of the molecule is Cc1cc2c3c4c1c1cc5c(cc1n4-c1cc4c(cc1B3N(c1ccc(C(C)(C)C)cc1)c1cc3oc6ccc(C(C)(C)C)cc6c3cc1-2)sc1ccccc14)oc1ccccc15. The summed E-state index contributed by atoms with van der Waals surface area (Å²) in [4.78, 5) is 2.63. The lowest BCUT2D eigenvalue weighted by atomic mass is 9.44. The van der Waals surface area contributed by atoms with Crippen LogP contribution in [0.1, 0.15) is 58.2 Å². The lowest BCUT2D eigenvalue weighted by molar-refractivity contribution is 0.590. The molecule has 0 unspecified atom stereocenters. The van der Waals surface area contributed by atoms with E-state index >= 15 is 0 Å². The van der Waals surface area contributed by atoms with Gasteiger partial charge in [0.15, 0.2) is 0 Å². The van der Waals surface area contributed by atoms with Crippen LogP contribution in [-0.4, -0.2) is 11.4 Å². The van der Waals surface area contributed by atoms with E-state index in [1.165, 1.54) is 86.4 Å². The van der Waals surface area contributed by atoms with Gasteiger partial charge in [0.05, 0.1) is 11.0 Å². The Kier molecular flexibility index (Phi) is 6.72. The summed E-state index contributed by atoms with van der Waals surface area (Å²) in [7, 11) is 0. The van der Waals surface area contributed by atoms with Gasteiger partial charge in [-0.1, -0.05) is 102 Å². The molecule has 0 aliphatic carbocycles. The minimum absolute atomic E-state index is 0.00943. The largest absolute Gasteiger partial charge is 0.456 e. The maximum absolute atomic E-state index is 6.82. The first kappa shape index (κ1) is 35.8. The minimum Gasteiger partial charge on any atom is -0.456 e. The van der Waals surface area contributed by atoms with E-state index in [4.69, 9.17) is 8.83 Å². The Morgan fingerprint density at radius 3 is 1.98 bits per heavy atom. The third-order valence-electron chi connectivity index (χ3n) is 14.4. The van der Waals surface area contributed by atoms with Gasteiger partial charge in [0, 0.05) is 87.2 Å². The van der Waals surface area contributed by atoms with E-state index in [2.05, 4.69) is 191 Å². The van der Waals surface area contributed by atoms with Gasteiger partial charge in [0.2, 0.25) is 0 Å². The minimum atomic E-state index is -0.115. The van der Waals surface area contributed by atoms with E-state index in [9.17, 15) is 0 Å². The van der Waals surface area contributed by atoms with E-state index in [0.717, 1.165) is 55.3 Å². The monoisotopic (exact) mass is 830 g/mol. The Labute approximate surface area is 369 Å². The van der Waals surface area contributed by atoms with Crippen LogP contribution in [-0.2, 0) is 10.8 Å². The van der Waals surface area contributed by atoms with Crippen molar-refractivity contribution in [2.75, 3.05) is 4.81 Å². The zero-order valence-corrected chi connectivity index (χ0v) is 37.2. The maximum atomic E-state index is 6.82. The summed E-state index contributed by atoms with van der Waals surface area (Å²) in [5.74, 6) is 0. The van der Waals surface area contributed by atoms with Gasteiger partial charge in [0.25, 0.3) is 0 Å². The summed E-state index contributed by atoms with van der Waals surface area (Å²) >= 11 is 1.89. The summed E-state index contributed by atoms with van der Waals surface area (Å²) in [6.07, 6.45) is 0. The van der Waals surface area contributed by atoms with Crippen LogP contribution in [0, 0.1) is 6.92 Å². The Morgan fingerprint density at radius 1 is 0.508 bits per heavy atom. The number of para-hydroxylation sites is 1. The van der Waals surface area contributed by atoms with Crippen LogP contribution in [0.25, 0.3) is 103 Å². The number of aromatic nitrogens is 1. The highest BCUT2D eigenvalue weighted by molar-refractivity contribution is 7.26. The van der Waals surface area contributed by atoms with Crippen LogP contribution in [0.5, 0.6) is 0 Å². The first-order valence-corrected chi connectivity index (χ1v) is 23.0. The molecule has 0 atom stereocenters. The fourth-order valence-corrected chi connectivity index (χ4v) is 12.4. The topological polar surface area (TPSA) is 34.5 Å². The van der Waals surface area contributed by atoms with Gasteiger partial charge in [-0.2, -0.15) is 0 Å². The number of thiophene rings is 1. The number of anilines is 2. The van der Waals surface area contributed by atoms with Crippen molar-refractivity contribution in [3.63, 3.8) is 0 Å². The van der Waals surface area contributed by atoms with Crippen molar-refractivity contribution in [2.24, 2.45) is 0 Å². The van der Waals surface area contributed by atoms with E-state index in [0.29, 0.717) is 0 Å². The predicted molar refractivity (Wildman–Crippen MR) is 269 cm³/mol. The van der Waals surface area contributed by atoms with Crippen molar-refractivity contribution in [1.29, 1.82) is 0 Å². The quantitative estimate of drug-likeness (QED) is 0.155. The molecular weight excluding hydrogens is 788 g/mol. The van der Waals surface area contributed by atoms with Gasteiger partial charge in [-0.25, -0.2) is 0 Å². The molecule has 0 saturated heterocycles. The molecule has 4 aromatic heterocycles. The van der Waals surface area contributed by atoms with Crippen LogP contribution >= 0.6 is 11.3 Å². The zero-order chi connectivity index (χ0) is 42.4. The average Bonchev–Trinajstić information content (AvgIpc) is 4.02. The van der Waals surface area contributed by atoms with Crippen molar-refractivity contribution >= 4 is 126 Å². The second-order valence-corrected chi connectivity index (χ2v) is 21.3. The molecule has 12 aromatic rings. The molecule has 63 heavy (non-hydrogen) atoms. The number of benzene rings is 8. The summed E-state index contributed by atoms with van der Waals surface area (Å²) < 4.78 is 18.7. The van der Waals surface area contributed by atoms with Crippen molar-refractivity contribution < 1.29 is 8.83 Å². The summed E-state index contributed by atoms with van der Waals surface area (Å²) in [5.41, 5.74) is 18.7. The third kappa shape index (κ3) is 4.72. The first-order valence-electron chi connectivity index (χ1n) is 22.2. The Morgan fingerprint density at radius 2 is 1.19 bits per heavy atom. The fraction of sp³-hybridized carbons (Fsp3) is 0.158. The molecule has 0 spiro atoms. The second kappa shape index (κ2) is 11.8. The summed E-state index contributed by atoms with van der Waals surface area (Å²) in [6.45, 7) is 15.9. The molecule has 0 amide bonds. The van der Waals surface area contributed by atoms with Crippen LogP contribution in [0.4, 0.5) is 11.4 Å². The molecule has 4 nitrogen and oxygen atoms in total. The van der Waals surface area contributed by atoms with E-state index < -0.39 is 0 Å². The second-order valence-electron chi connectivity index (χ2n) is 20.2. The molecular formula is C57H43BN2O2S. The molecule has 2 aliphatic rings. The third-order valence-corrected chi connectivity index (χ3v) is 15.5. The number of hydrogen-bond donors (Lipinski definition) is 0. The maximum Gasteiger partial charge on any atom is 0.333 e. The summed E-state index contributed by atoms with van der Waals surface area (Å²) in [6, 6.07) is 50.4. The molecule has 0 radical (unpaired) electrons.